The zero-order valence-corrected chi connectivity index (χ0v) is 14.0. The Kier molecular flexibility index (Phi) is 3.85. The van der Waals surface area contributed by atoms with E-state index in [1.54, 1.807) is 0 Å². The summed E-state index contributed by atoms with van der Waals surface area (Å²) in [5.41, 5.74) is 3.21. The van der Waals surface area contributed by atoms with Crippen molar-refractivity contribution >= 4 is 22.8 Å². The average molecular weight is 294 g/mol. The van der Waals surface area contributed by atoms with Crippen LogP contribution in [0.1, 0.15) is 52.4 Å². The molecule has 0 aliphatic heterocycles. The van der Waals surface area contributed by atoms with Crippen LogP contribution in [0.5, 0.6) is 0 Å². The molecule has 0 spiro atoms. The van der Waals surface area contributed by atoms with Gasteiger partial charge in [0, 0.05) is 11.7 Å². The van der Waals surface area contributed by atoms with Gasteiger partial charge < -0.3 is 4.57 Å². The molecule has 4 heteroatoms. The van der Waals surface area contributed by atoms with Crippen molar-refractivity contribution in [1.29, 1.82) is 0 Å². The topological polar surface area (TPSA) is 30.7 Å². The first-order chi connectivity index (χ1) is 9.15. The number of aromatic nitrogens is 3. The van der Waals surface area contributed by atoms with Gasteiger partial charge in [0.1, 0.15) is 11.3 Å². The number of halogens is 1. The Balaban J connectivity index is 2.66. The van der Waals surface area contributed by atoms with E-state index in [9.17, 15) is 0 Å². The molecule has 20 heavy (non-hydrogen) atoms. The molecular formula is C16H24ClN3. The summed E-state index contributed by atoms with van der Waals surface area (Å²) >= 11 is 6.12. The minimum absolute atomic E-state index is 0.0714. The number of imidazole rings is 1. The summed E-state index contributed by atoms with van der Waals surface area (Å²) in [7, 11) is 0. The Labute approximate surface area is 126 Å². The molecule has 0 amide bonds. The summed E-state index contributed by atoms with van der Waals surface area (Å²) < 4.78 is 2.22. The Bertz CT molecular complexity index is 620. The lowest BCUT2D eigenvalue weighted by atomic mass is 9.81. The van der Waals surface area contributed by atoms with Gasteiger partial charge in [0.05, 0.1) is 5.88 Å². The van der Waals surface area contributed by atoms with Crippen molar-refractivity contribution in [2.24, 2.45) is 5.41 Å². The second-order valence-electron chi connectivity index (χ2n) is 7.35. The highest BCUT2D eigenvalue weighted by Crippen LogP contribution is 2.35. The summed E-state index contributed by atoms with van der Waals surface area (Å²) in [5, 5.41) is 0. The molecular weight excluding hydrogens is 270 g/mol. The fraction of sp³-hybridized carbons (Fsp3) is 0.625. The fourth-order valence-electron chi connectivity index (χ4n) is 3.24. The second-order valence-corrected chi connectivity index (χ2v) is 7.61. The third kappa shape index (κ3) is 2.83. The summed E-state index contributed by atoms with van der Waals surface area (Å²) in [4.78, 5) is 9.24. The van der Waals surface area contributed by atoms with Gasteiger partial charge in [-0.2, -0.15) is 0 Å². The lowest BCUT2D eigenvalue weighted by molar-refractivity contribution is 0.215. The van der Waals surface area contributed by atoms with Crippen molar-refractivity contribution in [2.75, 3.05) is 0 Å². The fourth-order valence-corrected chi connectivity index (χ4v) is 3.42. The van der Waals surface area contributed by atoms with E-state index >= 15 is 0 Å². The monoisotopic (exact) mass is 293 g/mol. The number of alkyl halides is 1. The molecule has 110 valence electrons. The third-order valence-electron chi connectivity index (χ3n) is 3.51. The number of aryl methyl sites for hydroxylation is 1. The van der Waals surface area contributed by atoms with Gasteiger partial charge in [0.25, 0.3) is 0 Å². The maximum Gasteiger partial charge on any atom is 0.160 e. The minimum Gasteiger partial charge on any atom is -0.306 e. The second kappa shape index (κ2) is 5.03. The first kappa shape index (κ1) is 15.3. The van der Waals surface area contributed by atoms with Gasteiger partial charge in [-0.1, -0.05) is 20.8 Å². The van der Waals surface area contributed by atoms with E-state index < -0.39 is 0 Å². The molecule has 2 aromatic rings. The lowest BCUT2D eigenvalue weighted by Crippen LogP contribution is -2.32. The van der Waals surface area contributed by atoms with Crippen LogP contribution in [0.2, 0.25) is 0 Å². The molecule has 2 aromatic heterocycles. The Morgan fingerprint density at radius 1 is 1.20 bits per heavy atom. The van der Waals surface area contributed by atoms with Gasteiger partial charge >= 0.3 is 0 Å². The summed E-state index contributed by atoms with van der Waals surface area (Å²) in [6.45, 7) is 13.3. The predicted octanol–water partition coefficient (Wildman–Crippen LogP) is 4.65. The molecule has 0 aliphatic carbocycles. The van der Waals surface area contributed by atoms with Gasteiger partial charge in [-0.25, -0.2) is 9.97 Å². The quantitative estimate of drug-likeness (QED) is 0.771. The van der Waals surface area contributed by atoms with E-state index in [0.717, 1.165) is 29.0 Å². The van der Waals surface area contributed by atoms with Gasteiger partial charge in [-0.3, -0.25) is 0 Å². The maximum absolute atomic E-state index is 6.12. The van der Waals surface area contributed by atoms with E-state index in [-0.39, 0.29) is 11.0 Å². The number of fused-ring (bicyclic) bond motifs is 1. The first-order valence-electron chi connectivity index (χ1n) is 7.05. The van der Waals surface area contributed by atoms with Crippen molar-refractivity contribution in [2.45, 2.75) is 59.4 Å². The molecule has 0 radical (unpaired) electrons. The number of hydrogen-bond donors (Lipinski definition) is 0. The number of rotatable bonds is 3. The van der Waals surface area contributed by atoms with Gasteiger partial charge in [-0.05, 0) is 44.2 Å². The highest BCUT2D eigenvalue weighted by Gasteiger charge is 2.31. The molecule has 0 fully saturated rings. The molecule has 3 nitrogen and oxygen atoms in total. The zero-order chi connectivity index (χ0) is 15.1. The lowest BCUT2D eigenvalue weighted by Gasteiger charge is -2.35. The number of nitrogens with zero attached hydrogens (tertiary/aromatic N) is 3. The van der Waals surface area contributed by atoms with Crippen LogP contribution in [-0.2, 0) is 11.4 Å². The van der Waals surface area contributed by atoms with Crippen LogP contribution in [0.3, 0.4) is 0 Å². The standard InChI is InChI=1S/C16H24ClN3/c1-11-7-8-18-14-13(11)19-12(9-17)20(14)16(5,6)10-15(2,3)4/h7-8H,9-10H2,1-6H3. The van der Waals surface area contributed by atoms with Crippen LogP contribution >= 0.6 is 11.6 Å². The molecule has 0 unspecified atom stereocenters. The van der Waals surface area contributed by atoms with Crippen LogP contribution in [0, 0.1) is 12.3 Å². The number of pyridine rings is 1. The highest BCUT2D eigenvalue weighted by molar-refractivity contribution is 6.16. The Morgan fingerprint density at radius 2 is 1.85 bits per heavy atom. The molecule has 0 N–H and O–H groups in total. The molecule has 0 saturated heterocycles. The van der Waals surface area contributed by atoms with E-state index in [1.165, 1.54) is 0 Å². The molecule has 2 rings (SSSR count). The maximum atomic E-state index is 6.12. The normalized spacial score (nSPS) is 13.2. The molecule has 0 aromatic carbocycles. The highest BCUT2D eigenvalue weighted by atomic mass is 35.5. The molecule has 2 heterocycles. The van der Waals surface area contributed by atoms with Crippen LogP contribution in [0.4, 0.5) is 0 Å². The van der Waals surface area contributed by atoms with Crippen LogP contribution in [0.15, 0.2) is 12.3 Å². The van der Waals surface area contributed by atoms with Gasteiger partial charge in [0.2, 0.25) is 0 Å². The SMILES string of the molecule is Cc1ccnc2c1nc(CCl)n2C(C)(C)CC(C)(C)C. The smallest absolute Gasteiger partial charge is 0.160 e. The van der Waals surface area contributed by atoms with Crippen molar-refractivity contribution in [1.82, 2.24) is 14.5 Å². The minimum atomic E-state index is -0.0714. The van der Waals surface area contributed by atoms with Crippen molar-refractivity contribution < 1.29 is 0 Å². The van der Waals surface area contributed by atoms with Gasteiger partial charge in [0.15, 0.2) is 5.65 Å². The largest absolute Gasteiger partial charge is 0.306 e. The molecule has 0 aliphatic rings. The Morgan fingerprint density at radius 3 is 2.40 bits per heavy atom. The zero-order valence-electron chi connectivity index (χ0n) is 13.3. The van der Waals surface area contributed by atoms with E-state index in [2.05, 4.69) is 51.1 Å². The average Bonchev–Trinajstić information content (AvgIpc) is 2.66. The van der Waals surface area contributed by atoms with Crippen LogP contribution in [-0.4, -0.2) is 14.5 Å². The predicted molar refractivity (Wildman–Crippen MR) is 85.2 cm³/mol. The summed E-state index contributed by atoms with van der Waals surface area (Å²) in [6, 6.07) is 1.99. The van der Waals surface area contributed by atoms with Crippen LogP contribution < -0.4 is 0 Å². The van der Waals surface area contributed by atoms with E-state index in [4.69, 9.17) is 16.6 Å². The van der Waals surface area contributed by atoms with Crippen molar-refractivity contribution in [3.05, 3.63) is 23.7 Å². The Hall–Kier alpha value is -1.09. The van der Waals surface area contributed by atoms with Crippen molar-refractivity contribution in [3.8, 4) is 0 Å². The number of hydrogen-bond acceptors (Lipinski definition) is 2. The molecule has 0 saturated carbocycles. The van der Waals surface area contributed by atoms with E-state index in [0.29, 0.717) is 5.88 Å². The van der Waals surface area contributed by atoms with E-state index in [1.807, 2.05) is 12.3 Å². The van der Waals surface area contributed by atoms with Crippen molar-refractivity contribution in [3.63, 3.8) is 0 Å². The molecule has 0 bridgehead atoms. The first-order valence-corrected chi connectivity index (χ1v) is 7.58. The molecule has 0 atom stereocenters. The van der Waals surface area contributed by atoms with Crippen LogP contribution in [0.25, 0.3) is 11.2 Å². The summed E-state index contributed by atoms with van der Waals surface area (Å²) in [6.07, 6.45) is 2.88. The van der Waals surface area contributed by atoms with Gasteiger partial charge in [-0.15, -0.1) is 11.6 Å². The third-order valence-corrected chi connectivity index (χ3v) is 3.74. The summed E-state index contributed by atoms with van der Waals surface area (Å²) in [5.74, 6) is 1.31.